The molecule has 0 aromatic carbocycles. The maximum Gasteiger partial charge on any atom is 0.408 e. The third-order valence-electron chi connectivity index (χ3n) is 2.59. The second-order valence-corrected chi connectivity index (χ2v) is 6.32. The second-order valence-electron chi connectivity index (χ2n) is 4.35. The zero-order valence-electron chi connectivity index (χ0n) is 8.60. The molecule has 2 saturated heterocycles. The van der Waals surface area contributed by atoms with Crippen LogP contribution in [-0.2, 0) is 13.6 Å². The Labute approximate surface area is 84.1 Å². The minimum atomic E-state index is -2.97. The fraction of sp³-hybridized carbons (Fsp3) is 1.00. The molecular formula is C8H17N2O3P. The summed E-state index contributed by atoms with van der Waals surface area (Å²) in [5.74, 6) is 0. The molecular weight excluding hydrogens is 203 g/mol. The van der Waals surface area contributed by atoms with Crippen LogP contribution in [0.15, 0.2) is 0 Å². The third kappa shape index (κ3) is 1.88. The van der Waals surface area contributed by atoms with Gasteiger partial charge in [0.05, 0.1) is 18.8 Å². The van der Waals surface area contributed by atoms with Crippen molar-refractivity contribution >= 4 is 7.75 Å². The summed E-state index contributed by atoms with van der Waals surface area (Å²) in [6.07, 6.45) is 0.983. The third-order valence-corrected chi connectivity index (χ3v) is 4.62. The van der Waals surface area contributed by atoms with Crippen molar-refractivity contribution in [3.05, 3.63) is 0 Å². The fourth-order valence-electron chi connectivity index (χ4n) is 1.49. The number of nitrogens with zero attached hydrogens (tertiary/aromatic N) is 1. The predicted molar refractivity (Wildman–Crippen MR) is 52.9 cm³/mol. The van der Waals surface area contributed by atoms with Gasteiger partial charge in [-0.3, -0.25) is 9.05 Å². The smallest absolute Gasteiger partial charge is 0.321 e. The summed E-state index contributed by atoms with van der Waals surface area (Å²) in [5, 5.41) is 0. The zero-order chi connectivity index (χ0) is 10.4. The van der Waals surface area contributed by atoms with E-state index in [1.54, 1.807) is 4.67 Å². The maximum atomic E-state index is 12.1. The van der Waals surface area contributed by atoms with E-state index in [-0.39, 0.29) is 0 Å². The number of rotatable bonds is 2. The first-order chi connectivity index (χ1) is 6.47. The Balaban J connectivity index is 1.97. The molecule has 2 heterocycles. The van der Waals surface area contributed by atoms with Gasteiger partial charge in [-0.15, -0.1) is 0 Å². The van der Waals surface area contributed by atoms with Crippen molar-refractivity contribution in [2.75, 3.05) is 19.8 Å². The second kappa shape index (κ2) is 3.29. The molecule has 0 aromatic heterocycles. The summed E-state index contributed by atoms with van der Waals surface area (Å²) in [6, 6.07) is 0.364. The van der Waals surface area contributed by atoms with Crippen molar-refractivity contribution in [3.63, 3.8) is 0 Å². The molecule has 1 unspecified atom stereocenters. The first-order valence-electron chi connectivity index (χ1n) is 4.92. The Hall–Kier alpha value is 0.0700. The summed E-state index contributed by atoms with van der Waals surface area (Å²) in [6.45, 7) is 5.31. The van der Waals surface area contributed by atoms with Gasteiger partial charge in [-0.2, -0.15) is 0 Å². The molecule has 2 aliphatic rings. The van der Waals surface area contributed by atoms with Gasteiger partial charge in [0.15, 0.2) is 0 Å². The SMILES string of the molecule is CC[C@@H]1CN1P1(=O)OCC(C)(N)CO1. The lowest BCUT2D eigenvalue weighted by Gasteiger charge is -2.34. The van der Waals surface area contributed by atoms with E-state index in [0.29, 0.717) is 19.3 Å². The zero-order valence-corrected chi connectivity index (χ0v) is 9.50. The molecule has 0 spiro atoms. The van der Waals surface area contributed by atoms with Gasteiger partial charge in [-0.05, 0) is 13.3 Å². The maximum absolute atomic E-state index is 12.1. The predicted octanol–water partition coefficient (Wildman–Crippen LogP) is 0.953. The van der Waals surface area contributed by atoms with Crippen LogP contribution in [0.3, 0.4) is 0 Å². The number of hydrogen-bond acceptors (Lipinski definition) is 4. The van der Waals surface area contributed by atoms with Crippen LogP contribution in [0.1, 0.15) is 20.3 Å². The minimum absolute atomic E-state index is 0.303. The van der Waals surface area contributed by atoms with Crippen molar-refractivity contribution in [3.8, 4) is 0 Å². The highest BCUT2D eigenvalue weighted by molar-refractivity contribution is 7.51. The van der Waals surface area contributed by atoms with E-state index in [2.05, 4.69) is 6.92 Å². The van der Waals surface area contributed by atoms with Crippen molar-refractivity contribution in [1.82, 2.24) is 4.67 Å². The quantitative estimate of drug-likeness (QED) is 0.554. The van der Waals surface area contributed by atoms with E-state index in [1.807, 2.05) is 6.92 Å². The topological polar surface area (TPSA) is 64.6 Å². The van der Waals surface area contributed by atoms with Crippen LogP contribution in [0.25, 0.3) is 0 Å². The highest BCUT2D eigenvalue weighted by Gasteiger charge is 2.52. The average Bonchev–Trinajstić information content (AvgIpc) is 2.90. The summed E-state index contributed by atoms with van der Waals surface area (Å²) in [4.78, 5) is 0. The van der Waals surface area contributed by atoms with Gasteiger partial charge in [0.2, 0.25) is 0 Å². The summed E-state index contributed by atoms with van der Waals surface area (Å²) >= 11 is 0. The van der Waals surface area contributed by atoms with E-state index in [1.165, 1.54) is 0 Å². The largest absolute Gasteiger partial charge is 0.408 e. The van der Waals surface area contributed by atoms with Crippen LogP contribution < -0.4 is 5.73 Å². The molecule has 5 nitrogen and oxygen atoms in total. The fourth-order valence-corrected chi connectivity index (χ4v) is 3.73. The molecule has 82 valence electrons. The molecule has 6 heteroatoms. The van der Waals surface area contributed by atoms with Crippen LogP contribution in [0.5, 0.6) is 0 Å². The van der Waals surface area contributed by atoms with E-state index in [9.17, 15) is 4.57 Å². The van der Waals surface area contributed by atoms with Gasteiger partial charge in [-0.1, -0.05) is 6.92 Å². The Morgan fingerprint density at radius 3 is 2.57 bits per heavy atom. The van der Waals surface area contributed by atoms with E-state index in [0.717, 1.165) is 13.0 Å². The Bertz CT molecular complexity index is 268. The Morgan fingerprint density at radius 1 is 1.57 bits per heavy atom. The number of hydrogen-bond donors (Lipinski definition) is 1. The summed E-state index contributed by atoms with van der Waals surface area (Å²) in [5.41, 5.74) is 5.29. The van der Waals surface area contributed by atoms with Crippen molar-refractivity contribution in [2.24, 2.45) is 5.73 Å². The first kappa shape index (κ1) is 10.6. The summed E-state index contributed by atoms with van der Waals surface area (Å²) in [7, 11) is -2.97. The first-order valence-corrected chi connectivity index (χ1v) is 6.41. The lowest BCUT2D eigenvalue weighted by Crippen LogP contribution is -2.48. The monoisotopic (exact) mass is 220 g/mol. The van der Waals surface area contributed by atoms with Crippen molar-refractivity contribution in [2.45, 2.75) is 31.8 Å². The molecule has 0 aliphatic carbocycles. The standard InChI is InChI=1S/C8H17N2O3P/c1-3-7-4-10(7)14(11)12-5-8(2,9)6-13-14/h7H,3-6,9H2,1-2H3/t7-,8?,10?,14?/m1/s1. The van der Waals surface area contributed by atoms with Crippen LogP contribution in [0.4, 0.5) is 0 Å². The lowest BCUT2D eigenvalue weighted by atomic mass is 10.1. The molecule has 2 fully saturated rings. The van der Waals surface area contributed by atoms with Crippen molar-refractivity contribution in [1.29, 1.82) is 0 Å². The van der Waals surface area contributed by atoms with Gasteiger partial charge in [0.1, 0.15) is 0 Å². The molecule has 0 bridgehead atoms. The van der Waals surface area contributed by atoms with Crippen LogP contribution in [-0.4, -0.2) is 36.0 Å². The van der Waals surface area contributed by atoms with Crippen LogP contribution >= 0.6 is 7.75 Å². The number of nitrogens with two attached hydrogens (primary N) is 1. The molecule has 0 radical (unpaired) electrons. The molecule has 2 rings (SSSR count). The molecule has 0 saturated carbocycles. The van der Waals surface area contributed by atoms with Gasteiger partial charge in [0.25, 0.3) is 0 Å². The van der Waals surface area contributed by atoms with Crippen molar-refractivity contribution < 1.29 is 13.6 Å². The normalized spacial score (nSPS) is 53.1. The Kier molecular flexibility index (Phi) is 2.48. The molecule has 2 N–H and O–H groups in total. The van der Waals surface area contributed by atoms with Crippen LogP contribution in [0.2, 0.25) is 0 Å². The average molecular weight is 220 g/mol. The van der Waals surface area contributed by atoms with E-state index in [4.69, 9.17) is 14.8 Å². The van der Waals surface area contributed by atoms with Gasteiger partial charge < -0.3 is 5.73 Å². The molecule has 0 aromatic rings. The van der Waals surface area contributed by atoms with Gasteiger partial charge >= 0.3 is 7.75 Å². The van der Waals surface area contributed by atoms with Gasteiger partial charge in [0, 0.05) is 12.6 Å². The minimum Gasteiger partial charge on any atom is -0.321 e. The summed E-state index contributed by atoms with van der Waals surface area (Å²) < 4.78 is 24.4. The molecule has 2 atom stereocenters. The van der Waals surface area contributed by atoms with Crippen LogP contribution in [0, 0.1) is 0 Å². The highest BCUT2D eigenvalue weighted by Crippen LogP contribution is 2.61. The van der Waals surface area contributed by atoms with Gasteiger partial charge in [-0.25, -0.2) is 9.24 Å². The molecule has 0 amide bonds. The Morgan fingerprint density at radius 2 is 2.14 bits per heavy atom. The van der Waals surface area contributed by atoms with E-state index >= 15 is 0 Å². The highest BCUT2D eigenvalue weighted by atomic mass is 31.2. The molecule has 2 aliphatic heterocycles. The molecule has 14 heavy (non-hydrogen) atoms. The lowest BCUT2D eigenvalue weighted by molar-refractivity contribution is 0.0670. The van der Waals surface area contributed by atoms with E-state index < -0.39 is 13.3 Å².